The van der Waals surface area contributed by atoms with Crippen molar-refractivity contribution in [1.82, 2.24) is 14.9 Å². The number of carboxylic acids is 1. The number of carbonyl (C=O) groups excluding carboxylic acids is 1. The highest BCUT2D eigenvalue weighted by Crippen LogP contribution is 2.28. The van der Waals surface area contributed by atoms with E-state index in [0.29, 0.717) is 23.4 Å². The summed E-state index contributed by atoms with van der Waals surface area (Å²) in [5, 5.41) is 8.98. The number of carbonyl (C=O) groups is 2. The van der Waals surface area contributed by atoms with Crippen molar-refractivity contribution in [3.05, 3.63) is 96.1 Å². The largest absolute Gasteiger partial charge is 0.481 e. The van der Waals surface area contributed by atoms with Gasteiger partial charge in [0.15, 0.2) is 5.82 Å². The van der Waals surface area contributed by atoms with Crippen LogP contribution < -0.4 is 5.73 Å². The third kappa shape index (κ3) is 5.92. The average molecular weight is 539 g/mol. The number of aliphatic carboxylic acids is 1. The fourth-order valence-corrected chi connectivity index (χ4v) is 4.88. The van der Waals surface area contributed by atoms with Crippen LogP contribution in [0, 0.1) is 11.7 Å². The maximum Gasteiger partial charge on any atom is 0.310 e. The Kier molecular flexibility index (Phi) is 7.98. The predicted molar refractivity (Wildman–Crippen MR) is 152 cm³/mol. The Bertz CT molecular complexity index is 1500. The number of aryl methyl sites for hydroxylation is 1. The van der Waals surface area contributed by atoms with Crippen LogP contribution in [0.3, 0.4) is 0 Å². The Morgan fingerprint density at radius 3 is 2.12 bits per heavy atom. The lowest BCUT2D eigenvalue weighted by Gasteiger charge is -2.38. The Morgan fingerprint density at radius 2 is 1.52 bits per heavy atom. The minimum absolute atomic E-state index is 0.203. The van der Waals surface area contributed by atoms with Gasteiger partial charge in [0.2, 0.25) is 5.91 Å². The summed E-state index contributed by atoms with van der Waals surface area (Å²) in [6, 6.07) is 20.1. The summed E-state index contributed by atoms with van der Waals surface area (Å²) < 4.78 is 15.1. The molecule has 40 heavy (non-hydrogen) atoms. The lowest BCUT2D eigenvalue weighted by Crippen LogP contribution is -2.57. The standard InChI is InChI=1S/C32H31FN4O3/c1-2-3-20-4-8-22(9-5-20)24-12-13-27(28(33)15-24)25-16-35-30(36-17-25)23-10-6-21(7-11-23)14-29(34)31(38)37-18-26(19-37)32(39)40/h4-13,15-17,26,29H,2-3,14,18-19,34H2,1H3,(H,39,40)/t29-/m0/s1. The zero-order valence-corrected chi connectivity index (χ0v) is 22.3. The molecule has 8 heteroatoms. The molecule has 0 radical (unpaired) electrons. The van der Waals surface area contributed by atoms with E-state index in [1.54, 1.807) is 24.5 Å². The van der Waals surface area contributed by atoms with Crippen LogP contribution in [0.4, 0.5) is 4.39 Å². The van der Waals surface area contributed by atoms with Gasteiger partial charge < -0.3 is 15.7 Å². The number of nitrogens with two attached hydrogens (primary N) is 1. The van der Waals surface area contributed by atoms with Crippen molar-refractivity contribution in [1.29, 1.82) is 0 Å². The normalized spacial score (nSPS) is 14.0. The summed E-state index contributed by atoms with van der Waals surface area (Å²) in [6.45, 7) is 2.55. The van der Waals surface area contributed by atoms with E-state index in [-0.39, 0.29) is 24.8 Å². The first-order valence-electron chi connectivity index (χ1n) is 13.4. The molecular weight excluding hydrogens is 507 g/mol. The van der Waals surface area contributed by atoms with Gasteiger partial charge in [-0.25, -0.2) is 14.4 Å². The zero-order chi connectivity index (χ0) is 28.2. The van der Waals surface area contributed by atoms with Crippen molar-refractivity contribution >= 4 is 11.9 Å². The Hall–Kier alpha value is -4.43. The lowest BCUT2D eigenvalue weighted by atomic mass is 9.97. The molecule has 0 spiro atoms. The summed E-state index contributed by atoms with van der Waals surface area (Å²) in [4.78, 5) is 33.8. The van der Waals surface area contributed by atoms with Crippen LogP contribution in [0.15, 0.2) is 79.1 Å². The van der Waals surface area contributed by atoms with Crippen LogP contribution in [0.25, 0.3) is 33.6 Å². The topological polar surface area (TPSA) is 109 Å². The van der Waals surface area contributed by atoms with E-state index in [9.17, 15) is 9.59 Å². The Labute approximate surface area is 232 Å². The third-order valence-corrected chi connectivity index (χ3v) is 7.29. The maximum absolute atomic E-state index is 15.1. The second kappa shape index (κ2) is 11.8. The first kappa shape index (κ1) is 27.1. The van der Waals surface area contributed by atoms with E-state index in [0.717, 1.165) is 35.1 Å². The molecule has 0 saturated carbocycles. The van der Waals surface area contributed by atoms with Gasteiger partial charge in [-0.3, -0.25) is 9.59 Å². The van der Waals surface area contributed by atoms with Crippen LogP contribution in [-0.2, 0) is 22.4 Å². The molecule has 3 N–H and O–H groups in total. The van der Waals surface area contributed by atoms with Crippen LogP contribution in [0.2, 0.25) is 0 Å². The minimum atomic E-state index is -0.893. The average Bonchev–Trinajstić information content (AvgIpc) is 2.93. The molecule has 4 aromatic rings. The summed E-state index contributed by atoms with van der Waals surface area (Å²) >= 11 is 0. The molecule has 7 nitrogen and oxygen atoms in total. The van der Waals surface area contributed by atoms with Crippen LogP contribution in [-0.4, -0.2) is 51.0 Å². The fraction of sp³-hybridized carbons (Fsp3) is 0.250. The van der Waals surface area contributed by atoms with Gasteiger partial charge in [0.1, 0.15) is 5.82 Å². The summed E-state index contributed by atoms with van der Waals surface area (Å²) in [6.07, 6.45) is 5.68. The number of carboxylic acid groups (broad SMARTS) is 1. The van der Waals surface area contributed by atoms with Crippen molar-refractivity contribution in [3.63, 3.8) is 0 Å². The van der Waals surface area contributed by atoms with Gasteiger partial charge >= 0.3 is 5.97 Å². The highest BCUT2D eigenvalue weighted by atomic mass is 19.1. The Balaban J connectivity index is 1.22. The fourth-order valence-electron chi connectivity index (χ4n) is 4.88. The zero-order valence-electron chi connectivity index (χ0n) is 22.3. The number of hydrogen-bond acceptors (Lipinski definition) is 5. The molecule has 1 aromatic heterocycles. The molecule has 1 aliphatic rings. The van der Waals surface area contributed by atoms with Gasteiger partial charge in [0, 0.05) is 42.2 Å². The Morgan fingerprint density at radius 1 is 0.925 bits per heavy atom. The van der Waals surface area contributed by atoms with Crippen LogP contribution in [0.1, 0.15) is 24.5 Å². The van der Waals surface area contributed by atoms with Gasteiger partial charge in [0.25, 0.3) is 0 Å². The molecule has 5 rings (SSSR count). The second-order valence-corrected chi connectivity index (χ2v) is 10.2. The van der Waals surface area contributed by atoms with Crippen LogP contribution >= 0.6 is 0 Å². The molecule has 0 bridgehead atoms. The van der Waals surface area contributed by atoms with Gasteiger partial charge in [-0.1, -0.05) is 74.0 Å². The third-order valence-electron chi connectivity index (χ3n) is 7.29. The summed E-state index contributed by atoms with van der Waals surface area (Å²) in [7, 11) is 0. The van der Waals surface area contributed by atoms with Crippen molar-refractivity contribution in [3.8, 4) is 33.6 Å². The van der Waals surface area contributed by atoms with Gasteiger partial charge in [-0.15, -0.1) is 0 Å². The number of likely N-dealkylation sites (tertiary alicyclic amines) is 1. The molecule has 1 atom stereocenters. The second-order valence-electron chi connectivity index (χ2n) is 10.2. The molecule has 1 aliphatic heterocycles. The molecule has 0 aliphatic carbocycles. The first-order chi connectivity index (χ1) is 19.3. The number of amides is 1. The monoisotopic (exact) mass is 538 g/mol. The summed E-state index contributed by atoms with van der Waals surface area (Å²) in [5.74, 6) is -1.48. The predicted octanol–water partition coefficient (Wildman–Crippen LogP) is 4.98. The highest BCUT2D eigenvalue weighted by Gasteiger charge is 2.37. The highest BCUT2D eigenvalue weighted by molar-refractivity contribution is 5.85. The molecule has 2 heterocycles. The first-order valence-corrected chi connectivity index (χ1v) is 13.4. The number of rotatable bonds is 9. The molecule has 1 saturated heterocycles. The molecular formula is C32H31FN4O3. The molecule has 204 valence electrons. The van der Waals surface area contributed by atoms with E-state index in [4.69, 9.17) is 10.8 Å². The lowest BCUT2D eigenvalue weighted by molar-refractivity contribution is -0.153. The number of aromatic nitrogens is 2. The van der Waals surface area contributed by atoms with E-state index in [1.807, 2.05) is 42.5 Å². The van der Waals surface area contributed by atoms with Crippen molar-refractivity contribution in [2.45, 2.75) is 32.2 Å². The van der Waals surface area contributed by atoms with Gasteiger partial charge in [-0.05, 0) is 41.2 Å². The van der Waals surface area contributed by atoms with Crippen molar-refractivity contribution in [2.75, 3.05) is 13.1 Å². The SMILES string of the molecule is CCCc1ccc(-c2ccc(-c3cnc(-c4ccc(C[C@H](N)C(=O)N5CC(C(=O)O)C5)cc4)nc3)c(F)c2)cc1. The van der Waals surface area contributed by atoms with E-state index >= 15 is 4.39 Å². The van der Waals surface area contributed by atoms with Gasteiger partial charge in [0.05, 0.1) is 12.0 Å². The maximum atomic E-state index is 15.1. The molecule has 3 aromatic carbocycles. The quantitative estimate of drug-likeness (QED) is 0.311. The number of halogens is 1. The molecule has 1 fully saturated rings. The van der Waals surface area contributed by atoms with Gasteiger partial charge in [-0.2, -0.15) is 0 Å². The molecule has 0 unspecified atom stereocenters. The van der Waals surface area contributed by atoms with E-state index in [1.165, 1.54) is 10.5 Å². The van der Waals surface area contributed by atoms with Crippen molar-refractivity contribution in [2.24, 2.45) is 11.7 Å². The number of nitrogens with zero attached hydrogens (tertiary/aromatic N) is 3. The minimum Gasteiger partial charge on any atom is -0.481 e. The van der Waals surface area contributed by atoms with E-state index in [2.05, 4.69) is 29.0 Å². The number of benzene rings is 3. The molecule has 1 amide bonds. The van der Waals surface area contributed by atoms with E-state index < -0.39 is 17.9 Å². The van der Waals surface area contributed by atoms with Crippen molar-refractivity contribution < 1.29 is 19.1 Å². The number of hydrogen-bond donors (Lipinski definition) is 2. The summed E-state index contributed by atoms with van der Waals surface area (Å²) in [5.41, 5.74) is 11.8. The van der Waals surface area contributed by atoms with Crippen LogP contribution in [0.5, 0.6) is 0 Å². The smallest absolute Gasteiger partial charge is 0.310 e.